The molecule has 1 nitrogen and oxygen atoms in total. The van der Waals surface area contributed by atoms with Gasteiger partial charge >= 0.3 is 0 Å². The molecule has 1 heteroatoms. The molecule has 0 amide bonds. The molecule has 0 saturated heterocycles. The maximum atomic E-state index is 5.93. The van der Waals surface area contributed by atoms with Crippen LogP contribution in [0.3, 0.4) is 0 Å². The van der Waals surface area contributed by atoms with E-state index in [-0.39, 0.29) is 5.41 Å². The molecule has 0 rings (SSSR count). The van der Waals surface area contributed by atoms with Gasteiger partial charge < -0.3 is 4.74 Å². The predicted molar refractivity (Wildman–Crippen MR) is 58.9 cm³/mol. The Morgan fingerprint density at radius 2 is 1.46 bits per heavy atom. The van der Waals surface area contributed by atoms with Crippen LogP contribution < -0.4 is 0 Å². The maximum Gasteiger partial charge on any atom is 0.0629 e. The second-order valence-electron chi connectivity index (χ2n) is 5.67. The molecule has 0 aromatic carbocycles. The SMILES string of the molecule is CC(C)CC(OC(C)C)C(C)(C)C. The Morgan fingerprint density at radius 3 is 1.69 bits per heavy atom. The third-order valence-electron chi connectivity index (χ3n) is 2.09. The highest BCUT2D eigenvalue weighted by Gasteiger charge is 2.26. The lowest BCUT2D eigenvalue weighted by Crippen LogP contribution is -2.32. The fraction of sp³-hybridized carbons (Fsp3) is 1.00. The summed E-state index contributed by atoms with van der Waals surface area (Å²) in [5, 5.41) is 0. The van der Waals surface area contributed by atoms with Gasteiger partial charge in [-0.05, 0) is 31.6 Å². The highest BCUT2D eigenvalue weighted by atomic mass is 16.5. The summed E-state index contributed by atoms with van der Waals surface area (Å²) in [5.41, 5.74) is 0.258. The molecule has 13 heavy (non-hydrogen) atoms. The second-order valence-corrected chi connectivity index (χ2v) is 5.67. The van der Waals surface area contributed by atoms with Crippen molar-refractivity contribution in [1.29, 1.82) is 0 Å². The molecular weight excluding hydrogens is 160 g/mol. The van der Waals surface area contributed by atoms with E-state index in [2.05, 4.69) is 48.5 Å². The van der Waals surface area contributed by atoms with Crippen molar-refractivity contribution in [2.75, 3.05) is 0 Å². The molecule has 0 fully saturated rings. The normalized spacial score (nSPS) is 15.5. The van der Waals surface area contributed by atoms with Crippen LogP contribution in [-0.2, 0) is 4.74 Å². The van der Waals surface area contributed by atoms with Crippen molar-refractivity contribution < 1.29 is 4.74 Å². The molecule has 1 atom stereocenters. The largest absolute Gasteiger partial charge is 0.375 e. The quantitative estimate of drug-likeness (QED) is 0.647. The Balaban J connectivity index is 4.20. The molecule has 0 radical (unpaired) electrons. The van der Waals surface area contributed by atoms with Gasteiger partial charge in [0.2, 0.25) is 0 Å². The number of rotatable bonds is 4. The molecule has 0 bridgehead atoms. The summed E-state index contributed by atoms with van der Waals surface area (Å²) in [7, 11) is 0. The van der Waals surface area contributed by atoms with Gasteiger partial charge in [-0.3, -0.25) is 0 Å². The van der Waals surface area contributed by atoms with Crippen LogP contribution in [0, 0.1) is 11.3 Å². The summed E-state index contributed by atoms with van der Waals surface area (Å²) in [6, 6.07) is 0. The Bertz CT molecular complexity index is 121. The fourth-order valence-corrected chi connectivity index (χ4v) is 1.37. The molecular formula is C12H26O. The van der Waals surface area contributed by atoms with Crippen molar-refractivity contribution in [2.24, 2.45) is 11.3 Å². The van der Waals surface area contributed by atoms with Gasteiger partial charge in [0.1, 0.15) is 0 Å². The summed E-state index contributed by atoms with van der Waals surface area (Å²) < 4.78 is 5.93. The number of hydrogen-bond donors (Lipinski definition) is 0. The van der Waals surface area contributed by atoms with Gasteiger partial charge in [0.15, 0.2) is 0 Å². The average molecular weight is 186 g/mol. The molecule has 0 N–H and O–H groups in total. The van der Waals surface area contributed by atoms with E-state index >= 15 is 0 Å². The molecule has 0 saturated carbocycles. The van der Waals surface area contributed by atoms with Crippen molar-refractivity contribution in [3.05, 3.63) is 0 Å². The third kappa shape index (κ3) is 6.09. The van der Waals surface area contributed by atoms with Gasteiger partial charge in [0, 0.05) is 0 Å². The molecule has 0 aliphatic carbocycles. The fourth-order valence-electron chi connectivity index (χ4n) is 1.37. The van der Waals surface area contributed by atoms with Gasteiger partial charge in [-0.1, -0.05) is 34.6 Å². The van der Waals surface area contributed by atoms with Crippen LogP contribution in [0.15, 0.2) is 0 Å². The average Bonchev–Trinajstić information content (AvgIpc) is 1.81. The third-order valence-corrected chi connectivity index (χ3v) is 2.09. The molecule has 0 aromatic rings. The molecule has 1 unspecified atom stereocenters. The number of ether oxygens (including phenoxy) is 1. The first kappa shape index (κ1) is 13.0. The predicted octanol–water partition coefficient (Wildman–Crippen LogP) is 3.87. The first-order valence-corrected chi connectivity index (χ1v) is 5.39. The lowest BCUT2D eigenvalue weighted by molar-refractivity contribution is -0.0616. The van der Waals surface area contributed by atoms with Gasteiger partial charge in [-0.15, -0.1) is 0 Å². The van der Waals surface area contributed by atoms with E-state index in [1.54, 1.807) is 0 Å². The molecule has 80 valence electrons. The Hall–Kier alpha value is -0.0400. The minimum atomic E-state index is 0.258. The van der Waals surface area contributed by atoms with Crippen LogP contribution in [0.1, 0.15) is 54.9 Å². The van der Waals surface area contributed by atoms with Gasteiger partial charge in [-0.2, -0.15) is 0 Å². The second kappa shape index (κ2) is 4.99. The monoisotopic (exact) mass is 186 g/mol. The minimum Gasteiger partial charge on any atom is -0.375 e. The van der Waals surface area contributed by atoms with Crippen molar-refractivity contribution in [3.63, 3.8) is 0 Å². The highest BCUT2D eigenvalue weighted by Crippen LogP contribution is 2.28. The van der Waals surface area contributed by atoms with Crippen LogP contribution in [-0.4, -0.2) is 12.2 Å². The number of hydrogen-bond acceptors (Lipinski definition) is 1. The highest BCUT2D eigenvalue weighted by molar-refractivity contribution is 4.76. The summed E-state index contributed by atoms with van der Waals surface area (Å²) >= 11 is 0. The summed E-state index contributed by atoms with van der Waals surface area (Å²) in [4.78, 5) is 0. The zero-order valence-corrected chi connectivity index (χ0v) is 10.3. The lowest BCUT2D eigenvalue weighted by Gasteiger charge is -2.33. The van der Waals surface area contributed by atoms with E-state index in [1.807, 2.05) is 0 Å². The van der Waals surface area contributed by atoms with E-state index in [9.17, 15) is 0 Å². The van der Waals surface area contributed by atoms with E-state index in [1.165, 1.54) is 0 Å². The Morgan fingerprint density at radius 1 is 1.00 bits per heavy atom. The summed E-state index contributed by atoms with van der Waals surface area (Å²) in [6.07, 6.45) is 1.87. The van der Waals surface area contributed by atoms with Crippen LogP contribution in [0.5, 0.6) is 0 Å². The Labute approximate surface area is 83.9 Å². The zero-order chi connectivity index (χ0) is 10.6. The van der Waals surface area contributed by atoms with Crippen LogP contribution in [0.4, 0.5) is 0 Å². The zero-order valence-electron chi connectivity index (χ0n) is 10.3. The van der Waals surface area contributed by atoms with E-state index in [0.29, 0.717) is 18.1 Å². The Kier molecular flexibility index (Phi) is 4.98. The first-order valence-electron chi connectivity index (χ1n) is 5.39. The molecule has 0 aliphatic heterocycles. The van der Waals surface area contributed by atoms with Crippen LogP contribution in [0.25, 0.3) is 0 Å². The smallest absolute Gasteiger partial charge is 0.0629 e. The van der Waals surface area contributed by atoms with Crippen LogP contribution in [0.2, 0.25) is 0 Å². The topological polar surface area (TPSA) is 9.23 Å². The van der Waals surface area contributed by atoms with E-state index in [4.69, 9.17) is 4.74 Å². The van der Waals surface area contributed by atoms with Gasteiger partial charge in [0.05, 0.1) is 12.2 Å². The molecule has 0 heterocycles. The van der Waals surface area contributed by atoms with Crippen molar-refractivity contribution in [3.8, 4) is 0 Å². The maximum absolute atomic E-state index is 5.93. The van der Waals surface area contributed by atoms with E-state index < -0.39 is 0 Å². The summed E-state index contributed by atoms with van der Waals surface area (Å²) in [6.45, 7) is 15.5. The molecule has 0 spiro atoms. The van der Waals surface area contributed by atoms with E-state index in [0.717, 1.165) is 6.42 Å². The minimum absolute atomic E-state index is 0.258. The first-order chi connectivity index (χ1) is 5.73. The molecule has 0 aliphatic rings. The standard InChI is InChI=1S/C12H26O/c1-9(2)8-11(12(5,6)7)13-10(3)4/h9-11H,8H2,1-7H3. The van der Waals surface area contributed by atoms with Crippen molar-refractivity contribution in [2.45, 2.75) is 67.1 Å². The summed E-state index contributed by atoms with van der Waals surface area (Å²) in [5.74, 6) is 0.711. The molecule has 0 aromatic heterocycles. The lowest BCUT2D eigenvalue weighted by atomic mass is 9.84. The van der Waals surface area contributed by atoms with Gasteiger partial charge in [-0.25, -0.2) is 0 Å². The van der Waals surface area contributed by atoms with Crippen molar-refractivity contribution in [1.82, 2.24) is 0 Å². The van der Waals surface area contributed by atoms with Gasteiger partial charge in [0.25, 0.3) is 0 Å². The van der Waals surface area contributed by atoms with Crippen molar-refractivity contribution >= 4 is 0 Å². The van der Waals surface area contributed by atoms with Crippen LogP contribution >= 0.6 is 0 Å².